The van der Waals surface area contributed by atoms with Crippen LogP contribution in [0.4, 0.5) is 0 Å². The number of hydrogen-bond acceptors (Lipinski definition) is 4. The molecule has 1 aliphatic heterocycles. The second kappa shape index (κ2) is 5.75. The topological polar surface area (TPSA) is 29.5 Å². The van der Waals surface area contributed by atoms with Crippen LogP contribution in [-0.4, -0.2) is 22.9 Å². The van der Waals surface area contributed by atoms with E-state index in [1.807, 2.05) is 30.6 Å². The molecule has 108 valence electrons. The summed E-state index contributed by atoms with van der Waals surface area (Å²) in [5.74, 6) is 0.768. The molecule has 2 aromatic rings. The summed E-state index contributed by atoms with van der Waals surface area (Å²) < 4.78 is 5.59. The summed E-state index contributed by atoms with van der Waals surface area (Å²) >= 11 is 12.7. The van der Waals surface area contributed by atoms with Crippen LogP contribution in [0.15, 0.2) is 35.7 Å². The number of fused-ring (bicyclic) bond motifs is 1. The minimum Gasteiger partial charge on any atom is -0.431 e. The maximum atomic E-state index is 12.4. The van der Waals surface area contributed by atoms with Crippen molar-refractivity contribution in [3.05, 3.63) is 51.2 Å². The highest BCUT2D eigenvalue weighted by Crippen LogP contribution is 2.38. The number of ether oxygens (including phenoxy) is 1. The van der Waals surface area contributed by atoms with Gasteiger partial charge in [0, 0.05) is 24.1 Å². The third kappa shape index (κ3) is 2.81. The van der Waals surface area contributed by atoms with Gasteiger partial charge in [0.25, 0.3) is 5.17 Å². The Morgan fingerprint density at radius 2 is 2.29 bits per heavy atom. The molecule has 0 radical (unpaired) electrons. The van der Waals surface area contributed by atoms with Crippen LogP contribution in [0.5, 0.6) is 5.75 Å². The molecule has 6 heteroatoms. The molecule has 0 saturated carbocycles. The van der Waals surface area contributed by atoms with E-state index in [0.29, 0.717) is 22.4 Å². The predicted molar refractivity (Wildman–Crippen MR) is 88.4 cm³/mol. The molecule has 1 aromatic carbocycles. The highest BCUT2D eigenvalue weighted by atomic mass is 35.5. The Morgan fingerprint density at radius 1 is 1.48 bits per heavy atom. The Balaban J connectivity index is 1.95. The molecule has 3 rings (SSSR count). The lowest BCUT2D eigenvalue weighted by atomic mass is 9.98. The lowest BCUT2D eigenvalue weighted by Crippen LogP contribution is -2.38. The molecule has 1 aromatic heterocycles. The molecule has 0 aliphatic carbocycles. The number of benzene rings is 1. The fourth-order valence-electron chi connectivity index (χ4n) is 2.33. The van der Waals surface area contributed by atoms with Crippen LogP contribution >= 0.6 is 35.2 Å². The van der Waals surface area contributed by atoms with Crippen molar-refractivity contribution >= 4 is 46.1 Å². The highest BCUT2D eigenvalue weighted by Gasteiger charge is 2.31. The van der Waals surface area contributed by atoms with Crippen molar-refractivity contribution in [1.82, 2.24) is 4.90 Å². The molecule has 0 saturated heterocycles. The SMILES string of the molecule is CN1C(=S)Oc2ccc(Cl)cc2C1CC(=O)c1cccs1. The van der Waals surface area contributed by atoms with Gasteiger partial charge in [0.1, 0.15) is 5.75 Å². The summed E-state index contributed by atoms with van der Waals surface area (Å²) in [5.41, 5.74) is 0.892. The summed E-state index contributed by atoms with van der Waals surface area (Å²) in [6.07, 6.45) is 0.341. The molecule has 0 amide bonds. The number of thiocarbonyl (C=S) groups is 1. The van der Waals surface area contributed by atoms with Crippen LogP contribution in [0.2, 0.25) is 5.02 Å². The Kier molecular flexibility index (Phi) is 3.97. The zero-order valence-corrected chi connectivity index (χ0v) is 13.6. The Bertz CT molecular complexity index is 700. The van der Waals surface area contributed by atoms with Crippen LogP contribution < -0.4 is 4.74 Å². The van der Waals surface area contributed by atoms with Crippen molar-refractivity contribution in [2.75, 3.05) is 7.05 Å². The standard InChI is InChI=1S/C15H12ClNO2S2/c1-17-11(8-12(18)14-3-2-6-21-14)10-7-9(16)4-5-13(10)19-15(17)20/h2-7,11H,8H2,1H3. The largest absolute Gasteiger partial charge is 0.431 e. The van der Waals surface area contributed by atoms with Crippen molar-refractivity contribution < 1.29 is 9.53 Å². The smallest absolute Gasteiger partial charge is 0.265 e. The van der Waals surface area contributed by atoms with Crippen molar-refractivity contribution in [3.8, 4) is 5.75 Å². The molecule has 2 heterocycles. The number of hydrogen-bond donors (Lipinski definition) is 0. The van der Waals surface area contributed by atoms with Crippen molar-refractivity contribution in [1.29, 1.82) is 0 Å². The number of rotatable bonds is 3. The molecule has 21 heavy (non-hydrogen) atoms. The number of nitrogens with zero attached hydrogens (tertiary/aromatic N) is 1. The van der Waals surface area contributed by atoms with Gasteiger partial charge in [-0.25, -0.2) is 0 Å². The van der Waals surface area contributed by atoms with Gasteiger partial charge in [-0.3, -0.25) is 4.79 Å². The first kappa shape index (κ1) is 14.5. The van der Waals surface area contributed by atoms with Gasteiger partial charge in [-0.15, -0.1) is 11.3 Å². The van der Waals surface area contributed by atoms with Gasteiger partial charge >= 0.3 is 0 Å². The fourth-order valence-corrected chi connectivity index (χ4v) is 3.41. The van der Waals surface area contributed by atoms with Gasteiger partial charge < -0.3 is 9.64 Å². The second-order valence-corrected chi connectivity index (χ2v) is 6.51. The van der Waals surface area contributed by atoms with Gasteiger partial charge in [0.2, 0.25) is 0 Å². The van der Waals surface area contributed by atoms with E-state index in [0.717, 1.165) is 10.4 Å². The van der Waals surface area contributed by atoms with E-state index in [4.69, 9.17) is 28.6 Å². The number of halogens is 1. The summed E-state index contributed by atoms with van der Waals surface area (Å²) in [6, 6.07) is 8.94. The molecule has 1 aliphatic rings. The normalized spacial score (nSPS) is 17.3. The van der Waals surface area contributed by atoms with Gasteiger partial charge in [0.05, 0.1) is 10.9 Å². The predicted octanol–water partition coefficient (Wildman–Crippen LogP) is 4.32. The Morgan fingerprint density at radius 3 is 3.00 bits per heavy atom. The molecular weight excluding hydrogens is 326 g/mol. The van der Waals surface area contributed by atoms with Crippen LogP contribution in [0.25, 0.3) is 0 Å². The maximum absolute atomic E-state index is 12.4. The molecule has 0 bridgehead atoms. The molecule has 1 unspecified atom stereocenters. The maximum Gasteiger partial charge on any atom is 0.265 e. The molecule has 0 spiro atoms. The van der Waals surface area contributed by atoms with Gasteiger partial charge in [0.15, 0.2) is 5.78 Å². The van der Waals surface area contributed by atoms with Gasteiger partial charge in [-0.05, 0) is 41.9 Å². The van der Waals surface area contributed by atoms with E-state index in [9.17, 15) is 4.79 Å². The third-order valence-corrected chi connectivity index (χ3v) is 4.98. The highest BCUT2D eigenvalue weighted by molar-refractivity contribution is 7.80. The third-order valence-electron chi connectivity index (χ3n) is 3.46. The summed E-state index contributed by atoms with van der Waals surface area (Å²) in [4.78, 5) is 14.9. The zero-order valence-electron chi connectivity index (χ0n) is 11.2. The van der Waals surface area contributed by atoms with Crippen LogP contribution in [0.3, 0.4) is 0 Å². The Hall–Kier alpha value is -1.43. The Labute approximate surface area is 137 Å². The fraction of sp³-hybridized carbons (Fsp3) is 0.200. The number of Topliss-reactive ketones (excluding diaryl/α,β-unsaturated/α-hetero) is 1. The second-order valence-electron chi connectivity index (χ2n) is 4.78. The summed E-state index contributed by atoms with van der Waals surface area (Å²) in [5, 5.41) is 2.89. The first-order valence-electron chi connectivity index (χ1n) is 6.37. The van der Waals surface area contributed by atoms with Crippen LogP contribution in [0.1, 0.15) is 27.7 Å². The molecule has 0 N–H and O–H groups in total. The number of carbonyl (C=O) groups is 1. The van der Waals surface area contributed by atoms with E-state index in [1.54, 1.807) is 17.0 Å². The summed E-state index contributed by atoms with van der Waals surface area (Å²) in [7, 11) is 1.83. The van der Waals surface area contributed by atoms with E-state index < -0.39 is 0 Å². The van der Waals surface area contributed by atoms with Gasteiger partial charge in [-0.1, -0.05) is 17.7 Å². The lowest BCUT2D eigenvalue weighted by Gasteiger charge is -2.35. The van der Waals surface area contributed by atoms with E-state index in [-0.39, 0.29) is 11.8 Å². The zero-order chi connectivity index (χ0) is 15.0. The number of carbonyl (C=O) groups excluding carboxylic acids is 1. The molecule has 1 atom stereocenters. The molecule has 0 fully saturated rings. The van der Waals surface area contributed by atoms with Crippen LogP contribution in [-0.2, 0) is 0 Å². The molecule has 3 nitrogen and oxygen atoms in total. The van der Waals surface area contributed by atoms with Gasteiger partial charge in [-0.2, -0.15) is 0 Å². The number of thiophene rings is 1. The summed E-state index contributed by atoms with van der Waals surface area (Å²) in [6.45, 7) is 0. The first-order chi connectivity index (χ1) is 10.1. The minimum absolute atomic E-state index is 0.0949. The minimum atomic E-state index is -0.158. The lowest BCUT2D eigenvalue weighted by molar-refractivity contribution is 0.0951. The van der Waals surface area contributed by atoms with Crippen molar-refractivity contribution in [2.45, 2.75) is 12.5 Å². The first-order valence-corrected chi connectivity index (χ1v) is 8.03. The van der Waals surface area contributed by atoms with Crippen molar-refractivity contribution in [2.24, 2.45) is 0 Å². The van der Waals surface area contributed by atoms with E-state index >= 15 is 0 Å². The average Bonchev–Trinajstić information content (AvgIpc) is 2.99. The monoisotopic (exact) mass is 337 g/mol. The number of ketones is 1. The molecular formula is C15H12ClNO2S2. The van der Waals surface area contributed by atoms with Crippen molar-refractivity contribution in [3.63, 3.8) is 0 Å². The van der Waals surface area contributed by atoms with E-state index in [2.05, 4.69) is 0 Å². The van der Waals surface area contributed by atoms with E-state index in [1.165, 1.54) is 11.3 Å². The van der Waals surface area contributed by atoms with Crippen LogP contribution in [0, 0.1) is 0 Å². The quantitative estimate of drug-likeness (QED) is 0.616. The average molecular weight is 338 g/mol.